The van der Waals surface area contributed by atoms with Gasteiger partial charge in [-0.1, -0.05) is 47.5 Å². The summed E-state index contributed by atoms with van der Waals surface area (Å²) < 4.78 is 0. The monoisotopic (exact) mass is 266 g/mol. The Morgan fingerprint density at radius 2 is 1.63 bits per heavy atom. The van der Waals surface area contributed by atoms with E-state index in [4.69, 9.17) is 0 Å². The van der Waals surface area contributed by atoms with Gasteiger partial charge in [0.1, 0.15) is 5.41 Å². The lowest BCUT2D eigenvalue weighted by Gasteiger charge is -2.39. The quantitative estimate of drug-likeness (QED) is 0.729. The van der Waals surface area contributed by atoms with Crippen LogP contribution >= 0.6 is 0 Å². The van der Waals surface area contributed by atoms with Crippen LogP contribution < -0.4 is 0 Å². The Morgan fingerprint density at radius 1 is 1.21 bits per heavy atom. The summed E-state index contributed by atoms with van der Waals surface area (Å²) in [5.74, 6) is -0.0128. The molecule has 0 aliphatic heterocycles. The average molecular weight is 266 g/mol. The Balaban J connectivity index is 5.27. The van der Waals surface area contributed by atoms with Gasteiger partial charge in [0.25, 0.3) is 0 Å². The van der Waals surface area contributed by atoms with E-state index in [2.05, 4.69) is 33.8 Å². The molecule has 0 rings (SSSR count). The van der Waals surface area contributed by atoms with Gasteiger partial charge < -0.3 is 4.90 Å². The standard InChI is InChI=1S/C16H30N2O/c1-8-10-16(12-17,11-9-2)14(19)18(7)13(3)15(4,5)6/h13H,8-11H2,1-7H3. The maximum absolute atomic E-state index is 12.8. The van der Waals surface area contributed by atoms with Crippen LogP contribution in [-0.2, 0) is 4.79 Å². The van der Waals surface area contributed by atoms with Crippen molar-refractivity contribution >= 4 is 5.91 Å². The first-order valence-corrected chi connectivity index (χ1v) is 7.34. The van der Waals surface area contributed by atoms with E-state index in [0.717, 1.165) is 12.8 Å². The predicted octanol–water partition coefficient (Wildman–Crippen LogP) is 3.99. The van der Waals surface area contributed by atoms with Crippen LogP contribution in [0.4, 0.5) is 0 Å². The van der Waals surface area contributed by atoms with Gasteiger partial charge in [0, 0.05) is 13.1 Å². The number of hydrogen-bond acceptors (Lipinski definition) is 2. The molecule has 0 N–H and O–H groups in total. The van der Waals surface area contributed by atoms with Crippen LogP contribution in [0.15, 0.2) is 0 Å². The molecule has 0 bridgehead atoms. The Kier molecular flexibility index (Phi) is 6.55. The zero-order valence-corrected chi connectivity index (χ0v) is 13.7. The molecule has 1 atom stereocenters. The molecule has 0 aromatic carbocycles. The second kappa shape index (κ2) is 6.93. The maximum Gasteiger partial charge on any atom is 0.243 e. The van der Waals surface area contributed by atoms with Crippen LogP contribution in [0.1, 0.15) is 67.2 Å². The number of carbonyl (C=O) groups excluding carboxylic acids is 1. The molecule has 19 heavy (non-hydrogen) atoms. The molecule has 0 fully saturated rings. The molecule has 110 valence electrons. The Hall–Kier alpha value is -1.04. The summed E-state index contributed by atoms with van der Waals surface area (Å²) in [6.07, 6.45) is 3.02. The molecule has 0 aromatic heterocycles. The van der Waals surface area contributed by atoms with E-state index in [9.17, 15) is 10.1 Å². The fourth-order valence-electron chi connectivity index (χ4n) is 2.45. The molecule has 0 saturated carbocycles. The van der Waals surface area contributed by atoms with Gasteiger partial charge in [-0.3, -0.25) is 4.79 Å². The van der Waals surface area contributed by atoms with Crippen LogP contribution in [0.3, 0.4) is 0 Å². The van der Waals surface area contributed by atoms with E-state index in [1.165, 1.54) is 0 Å². The van der Waals surface area contributed by atoms with E-state index >= 15 is 0 Å². The van der Waals surface area contributed by atoms with Crippen LogP contribution in [0.2, 0.25) is 0 Å². The molecule has 1 amide bonds. The highest BCUT2D eigenvalue weighted by Gasteiger charge is 2.41. The van der Waals surface area contributed by atoms with E-state index in [0.29, 0.717) is 12.8 Å². The van der Waals surface area contributed by atoms with Gasteiger partial charge in [0.2, 0.25) is 5.91 Å². The molecule has 0 aliphatic rings. The van der Waals surface area contributed by atoms with E-state index in [-0.39, 0.29) is 17.4 Å². The maximum atomic E-state index is 12.8. The number of hydrogen-bond donors (Lipinski definition) is 0. The lowest BCUT2D eigenvalue weighted by molar-refractivity contribution is -0.142. The minimum Gasteiger partial charge on any atom is -0.341 e. The minimum atomic E-state index is -0.836. The lowest BCUT2D eigenvalue weighted by atomic mass is 9.78. The summed E-state index contributed by atoms with van der Waals surface area (Å²) in [4.78, 5) is 14.5. The molecule has 0 spiro atoms. The molecule has 0 heterocycles. The van der Waals surface area contributed by atoms with Crippen molar-refractivity contribution in [2.24, 2.45) is 10.8 Å². The van der Waals surface area contributed by atoms with Gasteiger partial charge in [-0.2, -0.15) is 5.26 Å². The Labute approximate surface area is 119 Å². The van der Waals surface area contributed by atoms with Crippen LogP contribution in [0.25, 0.3) is 0 Å². The van der Waals surface area contributed by atoms with Crippen LogP contribution in [-0.4, -0.2) is 23.9 Å². The second-order valence-corrected chi connectivity index (χ2v) is 6.65. The van der Waals surface area contributed by atoms with Gasteiger partial charge in [0.15, 0.2) is 0 Å². The van der Waals surface area contributed by atoms with Gasteiger partial charge >= 0.3 is 0 Å². The molecule has 0 radical (unpaired) electrons. The fraction of sp³-hybridized carbons (Fsp3) is 0.875. The van der Waals surface area contributed by atoms with Crippen LogP contribution in [0.5, 0.6) is 0 Å². The molecular weight excluding hydrogens is 236 g/mol. The molecule has 3 nitrogen and oxygen atoms in total. The summed E-state index contributed by atoms with van der Waals surface area (Å²) in [5, 5.41) is 9.55. The zero-order chi connectivity index (χ0) is 15.3. The third-order valence-electron chi connectivity index (χ3n) is 4.13. The van der Waals surface area contributed by atoms with Gasteiger partial charge in [-0.15, -0.1) is 0 Å². The number of nitriles is 1. The van der Waals surface area contributed by atoms with Crippen molar-refractivity contribution in [1.29, 1.82) is 5.26 Å². The number of nitrogens with zero attached hydrogens (tertiary/aromatic N) is 2. The highest BCUT2D eigenvalue weighted by molar-refractivity contribution is 5.85. The van der Waals surface area contributed by atoms with Crippen molar-refractivity contribution in [3.05, 3.63) is 0 Å². The molecule has 0 aromatic rings. The molecular formula is C16H30N2O. The van der Waals surface area contributed by atoms with Gasteiger partial charge in [-0.05, 0) is 25.2 Å². The predicted molar refractivity (Wildman–Crippen MR) is 79.5 cm³/mol. The fourth-order valence-corrected chi connectivity index (χ4v) is 2.45. The van der Waals surface area contributed by atoms with E-state index in [1.54, 1.807) is 4.90 Å². The first-order chi connectivity index (χ1) is 8.66. The topological polar surface area (TPSA) is 44.1 Å². The van der Waals surface area contributed by atoms with Crippen molar-refractivity contribution in [2.75, 3.05) is 7.05 Å². The third kappa shape index (κ3) is 4.23. The zero-order valence-electron chi connectivity index (χ0n) is 13.7. The SMILES string of the molecule is CCCC(C#N)(CCC)C(=O)N(C)C(C)C(C)(C)C. The highest BCUT2D eigenvalue weighted by Crippen LogP contribution is 2.34. The highest BCUT2D eigenvalue weighted by atomic mass is 16.2. The van der Waals surface area contributed by atoms with Crippen molar-refractivity contribution in [3.63, 3.8) is 0 Å². The van der Waals surface area contributed by atoms with Crippen LogP contribution in [0, 0.1) is 22.2 Å². The summed E-state index contributed by atoms with van der Waals surface area (Å²) in [6, 6.07) is 2.43. The van der Waals surface area contributed by atoms with Crippen molar-refractivity contribution < 1.29 is 4.79 Å². The smallest absolute Gasteiger partial charge is 0.243 e. The summed E-state index contributed by atoms with van der Waals surface area (Å²) >= 11 is 0. The van der Waals surface area contributed by atoms with Crippen molar-refractivity contribution in [1.82, 2.24) is 4.90 Å². The molecule has 3 heteroatoms. The Morgan fingerprint density at radius 3 is 1.89 bits per heavy atom. The normalized spacial score (nSPS) is 13.8. The first kappa shape index (κ1) is 18.0. The number of rotatable bonds is 6. The largest absolute Gasteiger partial charge is 0.341 e. The summed E-state index contributed by atoms with van der Waals surface area (Å²) in [6.45, 7) is 12.5. The summed E-state index contributed by atoms with van der Waals surface area (Å²) in [7, 11) is 1.83. The Bertz CT molecular complexity index is 330. The lowest BCUT2D eigenvalue weighted by Crippen LogP contribution is -2.49. The molecule has 1 unspecified atom stereocenters. The summed E-state index contributed by atoms with van der Waals surface area (Å²) in [5.41, 5.74) is -0.818. The van der Waals surface area contributed by atoms with Crippen molar-refractivity contribution in [2.45, 2.75) is 73.3 Å². The minimum absolute atomic E-state index is 0.0128. The van der Waals surface area contributed by atoms with Crippen molar-refractivity contribution in [3.8, 4) is 6.07 Å². The van der Waals surface area contributed by atoms with Gasteiger partial charge in [0.05, 0.1) is 6.07 Å². The first-order valence-electron chi connectivity index (χ1n) is 7.34. The third-order valence-corrected chi connectivity index (χ3v) is 4.13. The van der Waals surface area contributed by atoms with E-state index < -0.39 is 5.41 Å². The second-order valence-electron chi connectivity index (χ2n) is 6.65. The van der Waals surface area contributed by atoms with E-state index in [1.807, 2.05) is 20.9 Å². The average Bonchev–Trinajstić information content (AvgIpc) is 2.34. The number of carbonyl (C=O) groups is 1. The molecule has 0 aliphatic carbocycles. The molecule has 0 saturated heterocycles. The van der Waals surface area contributed by atoms with Gasteiger partial charge in [-0.25, -0.2) is 0 Å². The number of amides is 1.